The van der Waals surface area contributed by atoms with Crippen molar-refractivity contribution in [1.82, 2.24) is 20.3 Å². The Morgan fingerprint density at radius 3 is 2.76 bits per heavy atom. The molecule has 2 aromatic rings. The average molecular weight is 470 g/mol. The summed E-state index contributed by atoms with van der Waals surface area (Å²) in [6, 6.07) is 0.326. The second kappa shape index (κ2) is 8.43. The van der Waals surface area contributed by atoms with Gasteiger partial charge in [-0.3, -0.25) is 19.9 Å². The number of fused-ring (bicyclic) bond motifs is 2. The Hall–Kier alpha value is -2.39. The van der Waals surface area contributed by atoms with Crippen LogP contribution in [0.2, 0.25) is 0 Å². The number of aromatic nitrogens is 3. The van der Waals surface area contributed by atoms with Crippen molar-refractivity contribution in [1.29, 1.82) is 0 Å². The Balaban J connectivity index is 1.35. The van der Waals surface area contributed by atoms with Crippen molar-refractivity contribution < 1.29 is 14.7 Å². The van der Waals surface area contributed by atoms with Crippen LogP contribution in [0, 0.1) is 23.2 Å². The number of hydrogen-bond acceptors (Lipinski definition) is 7. The van der Waals surface area contributed by atoms with E-state index in [1.807, 2.05) is 6.92 Å². The lowest BCUT2D eigenvalue weighted by Gasteiger charge is -2.53. The molecule has 0 radical (unpaired) electrons. The van der Waals surface area contributed by atoms with Crippen LogP contribution in [-0.2, 0) is 11.2 Å². The number of aliphatic hydroxyl groups is 1. The lowest BCUT2D eigenvalue weighted by molar-refractivity contribution is -0.134. The fraction of sp³-hybridized carbons (Fsp3) is 0.625. The van der Waals surface area contributed by atoms with Crippen molar-refractivity contribution in [3.8, 4) is 0 Å². The Bertz CT molecular complexity index is 1060. The lowest BCUT2D eigenvalue weighted by Crippen LogP contribution is -2.53. The number of amides is 2. The summed E-state index contributed by atoms with van der Waals surface area (Å²) >= 11 is 1.51. The number of carbonyl (C=O) groups is 2. The smallest absolute Gasteiger partial charge is 0.277 e. The van der Waals surface area contributed by atoms with Crippen molar-refractivity contribution in [3.63, 3.8) is 0 Å². The number of carbonyl (C=O) groups excluding carboxylic acids is 2. The van der Waals surface area contributed by atoms with Crippen molar-refractivity contribution in [2.75, 3.05) is 5.32 Å². The Morgan fingerprint density at radius 2 is 2.06 bits per heavy atom. The molecule has 33 heavy (non-hydrogen) atoms. The molecule has 3 aliphatic rings. The van der Waals surface area contributed by atoms with Crippen molar-refractivity contribution >= 4 is 28.3 Å². The highest BCUT2D eigenvalue weighted by Crippen LogP contribution is 2.57. The Labute approximate surface area is 197 Å². The van der Waals surface area contributed by atoms with E-state index in [1.165, 1.54) is 34.8 Å². The van der Waals surface area contributed by atoms with E-state index < -0.39 is 6.10 Å². The first-order valence-electron chi connectivity index (χ1n) is 11.8. The zero-order valence-electron chi connectivity index (χ0n) is 19.2. The molecule has 9 heteroatoms. The van der Waals surface area contributed by atoms with Crippen LogP contribution in [0.1, 0.15) is 73.4 Å². The van der Waals surface area contributed by atoms with Crippen molar-refractivity contribution in [2.24, 2.45) is 23.2 Å². The van der Waals surface area contributed by atoms with Crippen LogP contribution in [0.5, 0.6) is 0 Å². The molecule has 6 unspecified atom stereocenters. The number of aliphatic hydroxyl groups excluding tert-OH is 1. The molecule has 0 saturated heterocycles. The molecule has 2 fully saturated rings. The fourth-order valence-electron chi connectivity index (χ4n) is 5.93. The second-order valence-corrected chi connectivity index (χ2v) is 11.4. The quantitative estimate of drug-likeness (QED) is 0.619. The molecule has 2 amide bonds. The van der Waals surface area contributed by atoms with E-state index in [-0.39, 0.29) is 46.6 Å². The number of rotatable bonds is 5. The summed E-state index contributed by atoms with van der Waals surface area (Å²) in [7, 11) is 0. The molecule has 0 aliphatic heterocycles. The first-order valence-corrected chi connectivity index (χ1v) is 12.6. The molecule has 0 bridgehead atoms. The molecule has 3 aliphatic carbocycles. The van der Waals surface area contributed by atoms with E-state index in [2.05, 4.69) is 34.4 Å². The fourth-order valence-corrected chi connectivity index (χ4v) is 7.19. The zero-order valence-corrected chi connectivity index (χ0v) is 20.1. The van der Waals surface area contributed by atoms with Gasteiger partial charge in [-0.05, 0) is 49.4 Å². The van der Waals surface area contributed by atoms with Gasteiger partial charge in [-0.25, -0.2) is 9.97 Å². The molecule has 8 nitrogen and oxygen atoms in total. The van der Waals surface area contributed by atoms with Crippen LogP contribution in [0.15, 0.2) is 18.6 Å². The number of thiazole rings is 1. The van der Waals surface area contributed by atoms with Crippen LogP contribution >= 0.6 is 11.3 Å². The summed E-state index contributed by atoms with van der Waals surface area (Å²) in [5.41, 5.74) is 1.14. The highest BCUT2D eigenvalue weighted by atomic mass is 32.1. The zero-order chi connectivity index (χ0) is 23.3. The molecule has 6 atom stereocenters. The van der Waals surface area contributed by atoms with E-state index in [0.717, 1.165) is 37.8 Å². The molecule has 3 N–H and O–H groups in total. The van der Waals surface area contributed by atoms with Gasteiger partial charge in [0.2, 0.25) is 5.91 Å². The first-order chi connectivity index (χ1) is 15.8. The topological polar surface area (TPSA) is 117 Å². The minimum atomic E-state index is -0.564. The van der Waals surface area contributed by atoms with Crippen LogP contribution < -0.4 is 10.6 Å². The van der Waals surface area contributed by atoms with Gasteiger partial charge in [-0.1, -0.05) is 20.8 Å². The standard InChI is InChI=1S/C24H31N5O3S/c1-12(21(31)27-14-4-5-14)15-6-7-24(3)10-17-19(13(2)18(24)20(15)30)28-23(33-17)29-22(32)16-11-25-8-9-26-16/h8-9,11-15,18,20,30H,4-7,10H2,1-3H3,(H,27,31)(H,28,29,32). The Morgan fingerprint density at radius 1 is 1.27 bits per heavy atom. The van der Waals surface area contributed by atoms with Crippen molar-refractivity contribution in [3.05, 3.63) is 34.9 Å². The highest BCUT2D eigenvalue weighted by molar-refractivity contribution is 7.15. The third-order valence-corrected chi connectivity index (χ3v) is 8.90. The van der Waals surface area contributed by atoms with Gasteiger partial charge in [0, 0.05) is 35.1 Å². The summed E-state index contributed by atoms with van der Waals surface area (Å²) in [4.78, 5) is 39.1. The van der Waals surface area contributed by atoms with Gasteiger partial charge in [-0.2, -0.15) is 0 Å². The van der Waals surface area contributed by atoms with Gasteiger partial charge >= 0.3 is 0 Å². The lowest BCUT2D eigenvalue weighted by atomic mass is 9.53. The Kier molecular flexibility index (Phi) is 5.73. The molecule has 0 spiro atoms. The van der Waals surface area contributed by atoms with E-state index in [4.69, 9.17) is 4.98 Å². The molecule has 2 aromatic heterocycles. The summed E-state index contributed by atoms with van der Waals surface area (Å²) in [5.74, 6) is -0.478. The third-order valence-electron chi connectivity index (χ3n) is 7.92. The molecular weight excluding hydrogens is 438 g/mol. The second-order valence-electron chi connectivity index (χ2n) is 10.3. The van der Waals surface area contributed by atoms with Gasteiger partial charge in [0.1, 0.15) is 5.69 Å². The van der Waals surface area contributed by atoms with E-state index in [9.17, 15) is 14.7 Å². The first kappa shape index (κ1) is 22.4. The van der Waals surface area contributed by atoms with Gasteiger partial charge in [0.05, 0.1) is 18.0 Å². The highest BCUT2D eigenvalue weighted by Gasteiger charge is 2.54. The number of nitrogens with zero attached hydrogens (tertiary/aromatic N) is 3. The predicted molar refractivity (Wildman–Crippen MR) is 125 cm³/mol. The molecule has 2 saturated carbocycles. The summed E-state index contributed by atoms with van der Waals surface area (Å²) < 4.78 is 0. The number of hydrogen-bond donors (Lipinski definition) is 3. The maximum atomic E-state index is 12.7. The van der Waals surface area contributed by atoms with E-state index in [1.54, 1.807) is 0 Å². The number of nitrogens with one attached hydrogen (secondary N) is 2. The maximum Gasteiger partial charge on any atom is 0.277 e. The summed E-state index contributed by atoms with van der Waals surface area (Å²) in [6.45, 7) is 6.33. The van der Waals surface area contributed by atoms with Crippen LogP contribution in [-0.4, -0.2) is 44.0 Å². The average Bonchev–Trinajstić information content (AvgIpc) is 3.51. The summed E-state index contributed by atoms with van der Waals surface area (Å²) in [6.07, 6.45) is 8.62. The predicted octanol–water partition coefficient (Wildman–Crippen LogP) is 3.15. The maximum absolute atomic E-state index is 12.7. The molecule has 0 aromatic carbocycles. The SMILES string of the molecule is CC(C(=O)NC1CC1)C1CCC2(C)Cc3sc(NC(=O)c4cnccn4)nc3C(C)C2C1O. The molecular formula is C24H31N5O3S. The molecule has 176 valence electrons. The van der Waals surface area contributed by atoms with Gasteiger partial charge in [0.25, 0.3) is 5.91 Å². The van der Waals surface area contributed by atoms with Gasteiger partial charge in [0.15, 0.2) is 5.13 Å². The van der Waals surface area contributed by atoms with Gasteiger partial charge < -0.3 is 10.4 Å². The molecule has 5 rings (SSSR count). The normalized spacial score (nSPS) is 31.8. The minimum Gasteiger partial charge on any atom is -0.392 e. The third kappa shape index (κ3) is 4.17. The van der Waals surface area contributed by atoms with E-state index in [0.29, 0.717) is 11.2 Å². The van der Waals surface area contributed by atoms with Crippen molar-refractivity contribution in [2.45, 2.75) is 70.9 Å². The largest absolute Gasteiger partial charge is 0.392 e. The van der Waals surface area contributed by atoms with E-state index >= 15 is 0 Å². The molecule has 2 heterocycles. The monoisotopic (exact) mass is 469 g/mol. The van der Waals surface area contributed by atoms with Gasteiger partial charge in [-0.15, -0.1) is 11.3 Å². The van der Waals surface area contributed by atoms with Crippen LogP contribution in [0.25, 0.3) is 0 Å². The minimum absolute atomic E-state index is 0.0190. The number of anilines is 1. The van der Waals surface area contributed by atoms with Crippen LogP contribution in [0.3, 0.4) is 0 Å². The summed E-state index contributed by atoms with van der Waals surface area (Å²) in [5, 5.41) is 18.0. The van der Waals surface area contributed by atoms with Crippen LogP contribution in [0.4, 0.5) is 5.13 Å².